The van der Waals surface area contributed by atoms with Gasteiger partial charge in [-0.15, -0.1) is 0 Å². The number of carbonyl (C=O) groups is 1. The summed E-state index contributed by atoms with van der Waals surface area (Å²) in [4.78, 5) is 14.5. The molecular weight excluding hydrogens is 199 g/mol. The highest BCUT2D eigenvalue weighted by Crippen LogP contribution is 2.05. The molecule has 0 bridgehead atoms. The molecule has 0 spiro atoms. The molecule has 0 fully saturated rings. The van der Waals surface area contributed by atoms with Gasteiger partial charge >= 0.3 is 5.97 Å². The molecule has 3 N–H and O–H groups in total. The first-order chi connectivity index (χ1) is 7.13. The van der Waals surface area contributed by atoms with Crippen LogP contribution in [0, 0.1) is 0 Å². The number of rotatable bonds is 5. The van der Waals surface area contributed by atoms with Crippen molar-refractivity contribution in [2.45, 2.75) is 18.9 Å². The fraction of sp³-hybridized carbons (Fsp3) is 0.400. The molecule has 0 saturated heterocycles. The zero-order valence-corrected chi connectivity index (χ0v) is 8.19. The van der Waals surface area contributed by atoms with Crippen LogP contribution < -0.4 is 5.73 Å². The molecule has 1 rings (SSSR count). The Morgan fingerprint density at radius 3 is 3.00 bits per heavy atom. The van der Waals surface area contributed by atoms with Crippen molar-refractivity contribution in [1.29, 1.82) is 0 Å². The number of carboxylic acid groups (broad SMARTS) is 1. The van der Waals surface area contributed by atoms with E-state index < -0.39 is 18.7 Å². The number of aryl methyl sites for hydroxylation is 1. The summed E-state index contributed by atoms with van der Waals surface area (Å²) < 4.78 is 12.1. The van der Waals surface area contributed by atoms with E-state index in [-0.39, 0.29) is 6.42 Å². The number of pyridine rings is 1. The molecule has 4 nitrogen and oxygen atoms in total. The van der Waals surface area contributed by atoms with Gasteiger partial charge in [0.2, 0.25) is 0 Å². The van der Waals surface area contributed by atoms with Gasteiger partial charge in [-0.3, -0.25) is 14.2 Å². The zero-order valence-electron chi connectivity index (χ0n) is 8.19. The Bertz CT molecular complexity index is 344. The summed E-state index contributed by atoms with van der Waals surface area (Å²) in [6, 6.07) is 2.43. The third-order valence-corrected chi connectivity index (χ3v) is 2.01. The lowest BCUT2D eigenvalue weighted by molar-refractivity contribution is -0.138. The molecule has 0 unspecified atom stereocenters. The topological polar surface area (TPSA) is 76.2 Å². The lowest BCUT2D eigenvalue weighted by atomic mass is 10.1. The van der Waals surface area contributed by atoms with Crippen LogP contribution in [0.5, 0.6) is 0 Å². The number of halogens is 1. The van der Waals surface area contributed by atoms with Crippen molar-refractivity contribution in [3.8, 4) is 0 Å². The highest BCUT2D eigenvalue weighted by Gasteiger charge is 2.12. The van der Waals surface area contributed by atoms with E-state index in [0.29, 0.717) is 12.1 Å². The maximum absolute atomic E-state index is 12.1. The van der Waals surface area contributed by atoms with Crippen LogP contribution in [0.4, 0.5) is 4.39 Å². The molecular formula is C10H13FN2O2. The van der Waals surface area contributed by atoms with Crippen LogP contribution in [0.2, 0.25) is 0 Å². The Labute approximate surface area is 86.9 Å². The number of nitrogens with zero attached hydrogens (tertiary/aromatic N) is 1. The summed E-state index contributed by atoms with van der Waals surface area (Å²) in [6.07, 6.45) is 2.02. The molecule has 1 atom stereocenters. The van der Waals surface area contributed by atoms with Gasteiger partial charge in [-0.25, -0.2) is 0 Å². The molecule has 1 aromatic rings. The maximum Gasteiger partial charge on any atom is 0.320 e. The third kappa shape index (κ3) is 3.63. The second-order valence-electron chi connectivity index (χ2n) is 3.24. The van der Waals surface area contributed by atoms with Crippen LogP contribution >= 0.6 is 0 Å². The van der Waals surface area contributed by atoms with Gasteiger partial charge in [0.15, 0.2) is 0 Å². The summed E-state index contributed by atoms with van der Waals surface area (Å²) >= 11 is 0. The molecule has 1 heterocycles. The Morgan fingerprint density at radius 1 is 1.67 bits per heavy atom. The number of alkyl halides is 1. The van der Waals surface area contributed by atoms with E-state index in [4.69, 9.17) is 10.8 Å². The highest BCUT2D eigenvalue weighted by atomic mass is 19.1. The first kappa shape index (κ1) is 11.6. The highest BCUT2D eigenvalue weighted by molar-refractivity contribution is 5.73. The minimum Gasteiger partial charge on any atom is -0.480 e. The Hall–Kier alpha value is -1.49. The third-order valence-electron chi connectivity index (χ3n) is 2.01. The monoisotopic (exact) mass is 212 g/mol. The van der Waals surface area contributed by atoms with Gasteiger partial charge in [0.25, 0.3) is 0 Å². The van der Waals surface area contributed by atoms with E-state index in [2.05, 4.69) is 4.98 Å². The summed E-state index contributed by atoms with van der Waals surface area (Å²) in [5.74, 6) is -1.06. The van der Waals surface area contributed by atoms with Gasteiger partial charge in [-0.2, -0.15) is 0 Å². The number of aliphatic carboxylic acids is 1. The van der Waals surface area contributed by atoms with Crippen molar-refractivity contribution in [2.24, 2.45) is 5.73 Å². The standard InChI is InChI=1S/C10H13FN2O2/c11-3-1-7-2-4-13-8(5-7)6-9(12)10(14)15/h2,4-5,9H,1,3,6,12H2,(H,14,15)/t9-/m1/s1. The summed E-state index contributed by atoms with van der Waals surface area (Å²) in [5.41, 5.74) is 6.74. The van der Waals surface area contributed by atoms with Crippen LogP contribution in [0.15, 0.2) is 18.3 Å². The SMILES string of the molecule is N[C@H](Cc1cc(CCF)ccn1)C(=O)O. The zero-order chi connectivity index (χ0) is 11.3. The predicted octanol–water partition coefficient (Wildman–Crippen LogP) is 0.548. The van der Waals surface area contributed by atoms with E-state index in [1.165, 1.54) is 6.20 Å². The molecule has 0 aliphatic heterocycles. The van der Waals surface area contributed by atoms with E-state index >= 15 is 0 Å². The van der Waals surface area contributed by atoms with Crippen LogP contribution in [0.3, 0.4) is 0 Å². The van der Waals surface area contributed by atoms with Crippen molar-refractivity contribution in [1.82, 2.24) is 4.98 Å². The largest absolute Gasteiger partial charge is 0.480 e. The van der Waals surface area contributed by atoms with Crippen molar-refractivity contribution in [3.05, 3.63) is 29.6 Å². The van der Waals surface area contributed by atoms with Crippen molar-refractivity contribution in [2.75, 3.05) is 6.67 Å². The average molecular weight is 212 g/mol. The first-order valence-corrected chi connectivity index (χ1v) is 4.61. The molecule has 0 saturated carbocycles. The van der Waals surface area contributed by atoms with Gasteiger partial charge in [0.05, 0.1) is 6.67 Å². The normalized spacial score (nSPS) is 12.4. The van der Waals surface area contributed by atoms with Gasteiger partial charge in [-0.1, -0.05) is 0 Å². The summed E-state index contributed by atoms with van der Waals surface area (Å²) in [7, 11) is 0. The Kier molecular flexibility index (Phi) is 4.17. The van der Waals surface area contributed by atoms with Crippen LogP contribution in [0.1, 0.15) is 11.3 Å². The van der Waals surface area contributed by atoms with Crippen molar-refractivity contribution >= 4 is 5.97 Å². The Balaban J connectivity index is 2.68. The number of hydrogen-bond donors (Lipinski definition) is 2. The van der Waals surface area contributed by atoms with Crippen LogP contribution in [-0.2, 0) is 17.6 Å². The van der Waals surface area contributed by atoms with Gasteiger partial charge in [0, 0.05) is 24.7 Å². The number of aromatic nitrogens is 1. The van der Waals surface area contributed by atoms with Crippen molar-refractivity contribution in [3.63, 3.8) is 0 Å². The lowest BCUT2D eigenvalue weighted by Gasteiger charge is -2.06. The average Bonchev–Trinajstić information content (AvgIpc) is 2.18. The molecule has 0 aromatic carbocycles. The van der Waals surface area contributed by atoms with E-state index in [0.717, 1.165) is 5.56 Å². The Morgan fingerprint density at radius 2 is 2.40 bits per heavy atom. The van der Waals surface area contributed by atoms with E-state index in [1.54, 1.807) is 12.1 Å². The smallest absolute Gasteiger partial charge is 0.320 e. The minimum atomic E-state index is -1.06. The van der Waals surface area contributed by atoms with Gasteiger partial charge in [-0.05, 0) is 17.7 Å². The fourth-order valence-electron chi connectivity index (χ4n) is 1.22. The molecule has 0 amide bonds. The summed E-state index contributed by atoms with van der Waals surface area (Å²) in [5, 5.41) is 8.60. The van der Waals surface area contributed by atoms with E-state index in [1.807, 2.05) is 0 Å². The van der Waals surface area contributed by atoms with E-state index in [9.17, 15) is 9.18 Å². The molecule has 0 aliphatic carbocycles. The predicted molar refractivity (Wildman–Crippen MR) is 53.2 cm³/mol. The summed E-state index contributed by atoms with van der Waals surface area (Å²) in [6.45, 7) is -0.436. The lowest BCUT2D eigenvalue weighted by Crippen LogP contribution is -2.32. The number of nitrogens with two attached hydrogens (primary N) is 1. The minimum absolute atomic E-state index is 0.162. The maximum atomic E-state index is 12.1. The molecule has 82 valence electrons. The van der Waals surface area contributed by atoms with Crippen LogP contribution in [0.25, 0.3) is 0 Å². The second kappa shape index (κ2) is 5.41. The fourth-order valence-corrected chi connectivity index (χ4v) is 1.22. The van der Waals surface area contributed by atoms with Gasteiger partial charge in [0.1, 0.15) is 6.04 Å². The van der Waals surface area contributed by atoms with Crippen molar-refractivity contribution < 1.29 is 14.3 Å². The first-order valence-electron chi connectivity index (χ1n) is 4.61. The molecule has 15 heavy (non-hydrogen) atoms. The van der Waals surface area contributed by atoms with Gasteiger partial charge < -0.3 is 10.8 Å². The second-order valence-corrected chi connectivity index (χ2v) is 3.24. The molecule has 0 aliphatic rings. The quantitative estimate of drug-likeness (QED) is 0.747. The van der Waals surface area contributed by atoms with Crippen LogP contribution in [-0.4, -0.2) is 28.8 Å². The molecule has 5 heteroatoms. The number of carboxylic acids is 1. The molecule has 0 radical (unpaired) electrons. The molecule has 1 aromatic heterocycles. The number of hydrogen-bond acceptors (Lipinski definition) is 3.